The highest BCUT2D eigenvalue weighted by molar-refractivity contribution is 5.56. The Morgan fingerprint density at radius 3 is 2.56 bits per heavy atom. The summed E-state index contributed by atoms with van der Waals surface area (Å²) in [6, 6.07) is 0. The van der Waals surface area contributed by atoms with E-state index >= 15 is 0 Å². The lowest BCUT2D eigenvalue weighted by molar-refractivity contribution is 0.756. The van der Waals surface area contributed by atoms with E-state index in [1.807, 2.05) is 34.3 Å². The summed E-state index contributed by atoms with van der Waals surface area (Å²) >= 11 is 0. The maximum Gasteiger partial charge on any atom is 0.233 e. The first-order chi connectivity index (χ1) is 8.45. The van der Waals surface area contributed by atoms with Gasteiger partial charge in [-0.05, 0) is 6.92 Å². The molecule has 0 atom stereocenters. The highest BCUT2D eigenvalue weighted by atomic mass is 15.3. The van der Waals surface area contributed by atoms with Crippen LogP contribution in [0.3, 0.4) is 0 Å². The topological polar surface area (TPSA) is 97.8 Å². The summed E-state index contributed by atoms with van der Waals surface area (Å²) < 4.78 is 1.72. The normalized spacial score (nSPS) is 10.4. The second-order valence-electron chi connectivity index (χ2n) is 4.14. The minimum Gasteiger partial charge on any atom is -0.368 e. The first-order valence-electron chi connectivity index (χ1n) is 5.42. The van der Waals surface area contributed by atoms with Gasteiger partial charge in [-0.25, -0.2) is 0 Å². The fourth-order valence-electron chi connectivity index (χ4n) is 1.48. The summed E-state index contributed by atoms with van der Waals surface area (Å²) in [5.41, 5.74) is 7.35. The lowest BCUT2D eigenvalue weighted by Gasteiger charge is -2.11. The number of aromatic nitrogens is 5. The quantitative estimate of drug-likeness (QED) is 0.806. The third-order valence-electron chi connectivity index (χ3n) is 2.30. The van der Waals surface area contributed by atoms with Gasteiger partial charge in [-0.15, -0.1) is 0 Å². The molecule has 3 N–H and O–H groups in total. The molecule has 0 unspecified atom stereocenters. The highest BCUT2D eigenvalue weighted by Crippen LogP contribution is 2.18. The van der Waals surface area contributed by atoms with Crippen LogP contribution < -0.4 is 16.0 Å². The van der Waals surface area contributed by atoms with E-state index in [1.165, 1.54) is 0 Å². The van der Waals surface area contributed by atoms with Crippen LogP contribution in [0.25, 0.3) is 0 Å². The molecule has 0 radical (unpaired) electrons. The number of hydrogen-bond donors (Lipinski definition) is 2. The number of anilines is 4. The lowest BCUT2D eigenvalue weighted by atomic mass is 10.4. The number of hydrogen-bond acceptors (Lipinski definition) is 7. The Balaban J connectivity index is 2.31. The molecule has 2 aromatic rings. The van der Waals surface area contributed by atoms with E-state index in [1.54, 1.807) is 9.58 Å². The Hall–Kier alpha value is -2.38. The minimum atomic E-state index is 0.178. The largest absolute Gasteiger partial charge is 0.368 e. The fourth-order valence-corrected chi connectivity index (χ4v) is 1.48. The van der Waals surface area contributed by atoms with Crippen LogP contribution in [0, 0.1) is 6.92 Å². The first kappa shape index (κ1) is 12.1. The van der Waals surface area contributed by atoms with Gasteiger partial charge in [-0.3, -0.25) is 4.68 Å². The van der Waals surface area contributed by atoms with E-state index in [0.717, 1.165) is 11.4 Å². The van der Waals surface area contributed by atoms with E-state index in [4.69, 9.17) is 5.73 Å². The minimum absolute atomic E-state index is 0.178. The summed E-state index contributed by atoms with van der Waals surface area (Å²) in [7, 11) is 5.53. The fraction of sp³-hybridized carbons (Fsp3) is 0.400. The van der Waals surface area contributed by atoms with Crippen molar-refractivity contribution in [3.05, 3.63) is 11.9 Å². The van der Waals surface area contributed by atoms with Gasteiger partial charge in [-0.2, -0.15) is 20.1 Å². The van der Waals surface area contributed by atoms with Gasteiger partial charge in [0.15, 0.2) is 0 Å². The van der Waals surface area contributed by atoms with Crippen molar-refractivity contribution in [2.24, 2.45) is 7.05 Å². The van der Waals surface area contributed by atoms with Crippen molar-refractivity contribution in [1.82, 2.24) is 24.7 Å². The van der Waals surface area contributed by atoms with Crippen molar-refractivity contribution in [3.63, 3.8) is 0 Å². The van der Waals surface area contributed by atoms with Gasteiger partial charge in [0.2, 0.25) is 17.8 Å². The molecule has 0 bridgehead atoms. The van der Waals surface area contributed by atoms with E-state index < -0.39 is 0 Å². The molecule has 96 valence electrons. The molecule has 0 amide bonds. The van der Waals surface area contributed by atoms with Gasteiger partial charge in [0.25, 0.3) is 0 Å². The zero-order chi connectivity index (χ0) is 13.3. The van der Waals surface area contributed by atoms with Gasteiger partial charge >= 0.3 is 0 Å². The summed E-state index contributed by atoms with van der Waals surface area (Å²) in [5, 5.41) is 7.31. The number of nitrogens with one attached hydrogen (secondary N) is 1. The molecule has 2 heterocycles. The van der Waals surface area contributed by atoms with E-state index in [2.05, 4.69) is 25.4 Å². The van der Waals surface area contributed by atoms with Gasteiger partial charge < -0.3 is 16.0 Å². The number of aryl methyl sites for hydroxylation is 2. The Labute approximate surface area is 105 Å². The monoisotopic (exact) mass is 248 g/mol. The zero-order valence-electron chi connectivity index (χ0n) is 10.8. The summed E-state index contributed by atoms with van der Waals surface area (Å²) in [5.74, 6) is 1.09. The molecule has 8 heteroatoms. The SMILES string of the molecule is Cc1nn(C)cc1Nc1nc(N)nc(N(C)C)n1. The van der Waals surface area contributed by atoms with E-state index in [-0.39, 0.29) is 5.95 Å². The summed E-state index contributed by atoms with van der Waals surface area (Å²) in [4.78, 5) is 14.1. The molecular formula is C10H16N8. The number of nitrogens with two attached hydrogens (primary N) is 1. The maximum atomic E-state index is 5.64. The summed E-state index contributed by atoms with van der Waals surface area (Å²) in [6.45, 7) is 1.90. The second kappa shape index (κ2) is 4.47. The molecule has 0 aliphatic carbocycles. The molecule has 0 spiro atoms. The Morgan fingerprint density at radius 1 is 1.28 bits per heavy atom. The van der Waals surface area contributed by atoms with Crippen LogP contribution in [0.1, 0.15) is 5.69 Å². The van der Waals surface area contributed by atoms with Crippen molar-refractivity contribution in [2.75, 3.05) is 30.0 Å². The first-order valence-corrected chi connectivity index (χ1v) is 5.42. The average Bonchev–Trinajstić information content (AvgIpc) is 2.56. The third-order valence-corrected chi connectivity index (χ3v) is 2.30. The van der Waals surface area contributed by atoms with Gasteiger partial charge in [0.05, 0.1) is 11.4 Å². The Morgan fingerprint density at radius 2 is 2.00 bits per heavy atom. The van der Waals surface area contributed by atoms with E-state index in [9.17, 15) is 0 Å². The lowest BCUT2D eigenvalue weighted by Crippen LogP contribution is -2.15. The van der Waals surface area contributed by atoms with Gasteiger partial charge in [-0.1, -0.05) is 0 Å². The second-order valence-corrected chi connectivity index (χ2v) is 4.14. The molecular weight excluding hydrogens is 232 g/mol. The molecule has 2 rings (SSSR count). The van der Waals surface area contributed by atoms with Crippen molar-refractivity contribution >= 4 is 23.5 Å². The predicted molar refractivity (Wildman–Crippen MR) is 69.8 cm³/mol. The highest BCUT2D eigenvalue weighted by Gasteiger charge is 2.09. The Bertz CT molecular complexity index is 559. The number of nitrogens with zero attached hydrogens (tertiary/aromatic N) is 6. The third kappa shape index (κ3) is 2.47. The van der Waals surface area contributed by atoms with Crippen LogP contribution >= 0.6 is 0 Å². The molecule has 8 nitrogen and oxygen atoms in total. The van der Waals surface area contributed by atoms with Crippen LogP contribution in [0.4, 0.5) is 23.5 Å². The van der Waals surface area contributed by atoms with Crippen molar-refractivity contribution < 1.29 is 0 Å². The van der Waals surface area contributed by atoms with Crippen LogP contribution in [-0.2, 0) is 7.05 Å². The maximum absolute atomic E-state index is 5.64. The van der Waals surface area contributed by atoms with Crippen molar-refractivity contribution in [3.8, 4) is 0 Å². The average molecular weight is 248 g/mol. The summed E-state index contributed by atoms with van der Waals surface area (Å²) in [6.07, 6.45) is 1.85. The molecule has 0 aliphatic rings. The molecule has 0 fully saturated rings. The van der Waals surface area contributed by atoms with Crippen LogP contribution in [0.15, 0.2) is 6.20 Å². The van der Waals surface area contributed by atoms with Gasteiger partial charge in [0, 0.05) is 27.3 Å². The standard InChI is InChI=1S/C10H16N8/c1-6-7(5-18(4)16-6)12-9-13-8(11)14-10(15-9)17(2)3/h5H,1-4H3,(H3,11,12,13,14,15). The molecule has 0 saturated heterocycles. The predicted octanol–water partition coefficient (Wildman–Crippen LogP) is 0.305. The molecule has 0 aliphatic heterocycles. The molecule has 2 aromatic heterocycles. The van der Waals surface area contributed by atoms with E-state index in [0.29, 0.717) is 11.9 Å². The van der Waals surface area contributed by atoms with Crippen LogP contribution in [-0.4, -0.2) is 38.8 Å². The van der Waals surface area contributed by atoms with Crippen LogP contribution in [0.5, 0.6) is 0 Å². The number of rotatable bonds is 3. The smallest absolute Gasteiger partial charge is 0.233 e. The molecule has 18 heavy (non-hydrogen) atoms. The number of nitrogen functional groups attached to an aromatic ring is 1. The van der Waals surface area contributed by atoms with Crippen molar-refractivity contribution in [2.45, 2.75) is 6.92 Å². The van der Waals surface area contributed by atoms with Crippen LogP contribution in [0.2, 0.25) is 0 Å². The Kier molecular flexibility index (Phi) is 3.00. The molecule has 0 saturated carbocycles. The van der Waals surface area contributed by atoms with Crippen molar-refractivity contribution in [1.29, 1.82) is 0 Å². The van der Waals surface area contributed by atoms with Gasteiger partial charge in [0.1, 0.15) is 0 Å². The zero-order valence-corrected chi connectivity index (χ0v) is 10.8. The molecule has 0 aromatic carbocycles.